The van der Waals surface area contributed by atoms with Gasteiger partial charge in [-0.15, -0.1) is 11.3 Å². The summed E-state index contributed by atoms with van der Waals surface area (Å²) in [5.41, 5.74) is 1.91. The molecule has 0 bridgehead atoms. The number of nitrogens with zero attached hydrogens (tertiary/aromatic N) is 1. The lowest BCUT2D eigenvalue weighted by Crippen LogP contribution is -2.35. The molecule has 0 aliphatic rings. The van der Waals surface area contributed by atoms with Crippen LogP contribution in [0.25, 0.3) is 0 Å². The number of esters is 1. The van der Waals surface area contributed by atoms with Gasteiger partial charge in [0.05, 0.1) is 16.3 Å². The van der Waals surface area contributed by atoms with Crippen molar-refractivity contribution in [2.75, 3.05) is 0 Å². The van der Waals surface area contributed by atoms with Crippen LogP contribution >= 0.6 is 22.9 Å². The summed E-state index contributed by atoms with van der Waals surface area (Å²) in [6.45, 7) is 4.00. The molecule has 30 heavy (non-hydrogen) atoms. The third kappa shape index (κ3) is 6.05. The first-order chi connectivity index (χ1) is 14.4. The average molecular weight is 445 g/mol. The Balaban J connectivity index is 1.53. The molecule has 2 aromatic carbocycles. The Morgan fingerprint density at radius 3 is 2.73 bits per heavy atom. The summed E-state index contributed by atoms with van der Waals surface area (Å²) in [6, 6.07) is 13.8. The van der Waals surface area contributed by atoms with Gasteiger partial charge in [-0.1, -0.05) is 35.9 Å². The number of hydrogen-bond acceptors (Lipinski definition) is 6. The van der Waals surface area contributed by atoms with E-state index in [0.29, 0.717) is 22.9 Å². The number of hydrogen-bond donors (Lipinski definition) is 1. The van der Waals surface area contributed by atoms with Crippen LogP contribution in [0.3, 0.4) is 0 Å². The van der Waals surface area contributed by atoms with Gasteiger partial charge in [-0.2, -0.15) is 0 Å². The zero-order chi connectivity index (χ0) is 21.5. The fourth-order valence-corrected chi connectivity index (χ4v) is 3.39. The minimum absolute atomic E-state index is 0.250. The SMILES string of the molecule is Cc1nc(COc2cccc(C(=O)OC(C)C(=O)NCc3ccccc3Cl)c2)cs1. The van der Waals surface area contributed by atoms with E-state index in [9.17, 15) is 9.59 Å². The number of carbonyl (C=O) groups excluding carboxylic acids is 2. The minimum atomic E-state index is -0.956. The highest BCUT2D eigenvalue weighted by molar-refractivity contribution is 7.09. The first kappa shape index (κ1) is 21.8. The summed E-state index contributed by atoms with van der Waals surface area (Å²) in [4.78, 5) is 29.0. The van der Waals surface area contributed by atoms with Crippen LogP contribution in [0, 0.1) is 6.92 Å². The van der Waals surface area contributed by atoms with Crippen LogP contribution < -0.4 is 10.1 Å². The van der Waals surface area contributed by atoms with Crippen LogP contribution in [0.5, 0.6) is 5.75 Å². The lowest BCUT2D eigenvalue weighted by molar-refractivity contribution is -0.129. The van der Waals surface area contributed by atoms with Crippen molar-refractivity contribution in [2.45, 2.75) is 33.1 Å². The van der Waals surface area contributed by atoms with Crippen molar-refractivity contribution < 1.29 is 19.1 Å². The minimum Gasteiger partial charge on any atom is -0.487 e. The van der Waals surface area contributed by atoms with Crippen molar-refractivity contribution in [3.05, 3.63) is 80.8 Å². The third-order valence-corrected chi connectivity index (χ3v) is 5.38. The van der Waals surface area contributed by atoms with E-state index in [0.717, 1.165) is 16.3 Å². The number of nitrogens with one attached hydrogen (secondary N) is 1. The molecule has 1 N–H and O–H groups in total. The first-order valence-electron chi connectivity index (χ1n) is 9.28. The second kappa shape index (κ2) is 10.2. The van der Waals surface area contributed by atoms with Gasteiger partial charge >= 0.3 is 5.97 Å². The molecule has 8 heteroatoms. The Hall–Kier alpha value is -2.90. The highest BCUT2D eigenvalue weighted by atomic mass is 35.5. The molecular weight excluding hydrogens is 424 g/mol. The Morgan fingerprint density at radius 2 is 2.00 bits per heavy atom. The number of aromatic nitrogens is 1. The van der Waals surface area contributed by atoms with Crippen LogP contribution in [0.4, 0.5) is 0 Å². The van der Waals surface area contributed by atoms with E-state index in [-0.39, 0.29) is 6.54 Å². The van der Waals surface area contributed by atoms with Gasteiger partial charge in [0.1, 0.15) is 12.4 Å². The van der Waals surface area contributed by atoms with Crippen LogP contribution in [-0.4, -0.2) is 23.0 Å². The van der Waals surface area contributed by atoms with Gasteiger partial charge in [0.2, 0.25) is 0 Å². The van der Waals surface area contributed by atoms with Gasteiger partial charge in [0.25, 0.3) is 5.91 Å². The standard InChI is InChI=1S/C22H21ClN2O4S/c1-14(21(26)24-11-17-6-3-4-9-20(17)23)29-22(27)16-7-5-8-19(10-16)28-12-18-13-30-15(2)25-18/h3-10,13-14H,11-12H2,1-2H3,(H,24,26). The lowest BCUT2D eigenvalue weighted by Gasteiger charge is -2.14. The largest absolute Gasteiger partial charge is 0.487 e. The van der Waals surface area contributed by atoms with Gasteiger partial charge in [-0.25, -0.2) is 9.78 Å². The topological polar surface area (TPSA) is 77.5 Å². The Labute approximate surface area is 183 Å². The third-order valence-electron chi connectivity index (χ3n) is 4.19. The zero-order valence-electron chi connectivity index (χ0n) is 16.6. The number of aryl methyl sites for hydroxylation is 1. The molecule has 0 saturated carbocycles. The van der Waals surface area contributed by atoms with Crippen molar-refractivity contribution in [3.8, 4) is 5.75 Å². The molecule has 1 atom stereocenters. The highest BCUT2D eigenvalue weighted by Crippen LogP contribution is 2.18. The average Bonchev–Trinajstić information content (AvgIpc) is 3.16. The molecule has 0 saturated heterocycles. The summed E-state index contributed by atoms with van der Waals surface area (Å²) in [7, 11) is 0. The number of ether oxygens (including phenoxy) is 2. The molecule has 1 heterocycles. The highest BCUT2D eigenvalue weighted by Gasteiger charge is 2.19. The van der Waals surface area contributed by atoms with E-state index >= 15 is 0 Å². The molecule has 0 spiro atoms. The molecule has 0 fully saturated rings. The second-order valence-corrected chi connectivity index (χ2v) is 8.00. The predicted molar refractivity (Wildman–Crippen MR) is 116 cm³/mol. The van der Waals surface area contributed by atoms with Crippen molar-refractivity contribution >= 4 is 34.8 Å². The fraction of sp³-hybridized carbons (Fsp3) is 0.227. The lowest BCUT2D eigenvalue weighted by atomic mass is 10.2. The smallest absolute Gasteiger partial charge is 0.339 e. The molecule has 1 amide bonds. The zero-order valence-corrected chi connectivity index (χ0v) is 18.1. The summed E-state index contributed by atoms with van der Waals surface area (Å²) >= 11 is 7.63. The molecule has 1 unspecified atom stereocenters. The van der Waals surface area contributed by atoms with Gasteiger partial charge in [-0.3, -0.25) is 4.79 Å². The molecule has 0 aliphatic heterocycles. The summed E-state index contributed by atoms with van der Waals surface area (Å²) in [5, 5.41) is 6.17. The van der Waals surface area contributed by atoms with Gasteiger partial charge in [0, 0.05) is 16.9 Å². The number of rotatable bonds is 8. The van der Waals surface area contributed by atoms with E-state index < -0.39 is 18.0 Å². The summed E-state index contributed by atoms with van der Waals surface area (Å²) in [5.74, 6) is -0.495. The maximum Gasteiger partial charge on any atom is 0.339 e. The normalized spacial score (nSPS) is 11.6. The molecular formula is C22H21ClN2O4S. The molecule has 0 radical (unpaired) electrons. The summed E-state index contributed by atoms with van der Waals surface area (Å²) < 4.78 is 11.0. The Morgan fingerprint density at radius 1 is 1.20 bits per heavy atom. The van der Waals surface area contributed by atoms with Crippen molar-refractivity contribution in [1.82, 2.24) is 10.3 Å². The van der Waals surface area contributed by atoms with Gasteiger partial charge < -0.3 is 14.8 Å². The summed E-state index contributed by atoms with van der Waals surface area (Å²) in [6.07, 6.45) is -0.956. The number of halogens is 1. The van der Waals surface area contributed by atoms with E-state index in [2.05, 4.69) is 10.3 Å². The van der Waals surface area contributed by atoms with Crippen LogP contribution in [0.2, 0.25) is 5.02 Å². The fourth-order valence-electron chi connectivity index (χ4n) is 2.59. The van der Waals surface area contributed by atoms with E-state index in [1.54, 1.807) is 41.7 Å². The van der Waals surface area contributed by atoms with Crippen molar-refractivity contribution in [1.29, 1.82) is 0 Å². The van der Waals surface area contributed by atoms with Crippen LogP contribution in [0.15, 0.2) is 53.9 Å². The molecule has 3 rings (SSSR count). The maximum absolute atomic E-state index is 12.4. The van der Waals surface area contributed by atoms with E-state index in [4.69, 9.17) is 21.1 Å². The van der Waals surface area contributed by atoms with Crippen molar-refractivity contribution in [3.63, 3.8) is 0 Å². The van der Waals surface area contributed by atoms with E-state index in [1.165, 1.54) is 6.92 Å². The van der Waals surface area contributed by atoms with Gasteiger partial charge in [0.15, 0.2) is 6.10 Å². The maximum atomic E-state index is 12.4. The number of benzene rings is 2. The van der Waals surface area contributed by atoms with Crippen LogP contribution in [-0.2, 0) is 22.7 Å². The Kier molecular flexibility index (Phi) is 7.43. The van der Waals surface area contributed by atoms with Crippen molar-refractivity contribution in [2.24, 2.45) is 0 Å². The second-order valence-electron chi connectivity index (χ2n) is 6.53. The molecule has 1 aromatic heterocycles. The van der Waals surface area contributed by atoms with Gasteiger partial charge in [-0.05, 0) is 43.7 Å². The monoisotopic (exact) mass is 444 g/mol. The first-order valence-corrected chi connectivity index (χ1v) is 10.5. The Bertz CT molecular complexity index is 1040. The predicted octanol–water partition coefficient (Wildman–Crippen LogP) is 4.55. The molecule has 3 aromatic rings. The number of carbonyl (C=O) groups is 2. The number of amides is 1. The van der Waals surface area contributed by atoms with Crippen LogP contribution in [0.1, 0.15) is 33.5 Å². The molecule has 0 aliphatic carbocycles. The number of thiazole rings is 1. The molecule has 6 nitrogen and oxygen atoms in total. The van der Waals surface area contributed by atoms with E-state index in [1.807, 2.05) is 30.5 Å². The molecule has 156 valence electrons. The quantitative estimate of drug-likeness (QED) is 0.516.